The molecule has 2 heteroatoms. The zero-order chi connectivity index (χ0) is 14.3. The first-order chi connectivity index (χ1) is 10.4. The summed E-state index contributed by atoms with van der Waals surface area (Å²) in [4.78, 5) is 0. The fourth-order valence-corrected chi connectivity index (χ4v) is 2.80. The van der Waals surface area contributed by atoms with Gasteiger partial charge in [-0.15, -0.1) is 0 Å². The van der Waals surface area contributed by atoms with Gasteiger partial charge in [0, 0.05) is 6.04 Å². The minimum Gasteiger partial charge on any atom is -0.492 e. The zero-order valence-electron chi connectivity index (χ0n) is 12.4. The van der Waals surface area contributed by atoms with Crippen LogP contribution in [0, 0.1) is 0 Å². The van der Waals surface area contributed by atoms with Crippen molar-refractivity contribution in [3.63, 3.8) is 0 Å². The van der Waals surface area contributed by atoms with E-state index in [0.29, 0.717) is 6.04 Å². The molecule has 0 unspecified atom stereocenters. The molecule has 1 aliphatic rings. The lowest BCUT2D eigenvalue weighted by atomic mass is 10.0. The quantitative estimate of drug-likeness (QED) is 0.900. The highest BCUT2D eigenvalue weighted by molar-refractivity contribution is 5.31. The summed E-state index contributed by atoms with van der Waals surface area (Å²) in [6.07, 6.45) is 4.82. The van der Waals surface area contributed by atoms with Crippen molar-refractivity contribution in [1.29, 1.82) is 0 Å². The fourth-order valence-electron chi connectivity index (χ4n) is 2.80. The minimum atomic E-state index is 0.516. The van der Waals surface area contributed by atoms with Gasteiger partial charge in [0.25, 0.3) is 0 Å². The first-order valence-corrected chi connectivity index (χ1v) is 7.89. The molecule has 1 aliphatic heterocycles. The first-order valence-electron chi connectivity index (χ1n) is 7.89. The predicted molar refractivity (Wildman–Crippen MR) is 86.8 cm³/mol. The van der Waals surface area contributed by atoms with Crippen LogP contribution in [-0.2, 0) is 6.42 Å². The lowest BCUT2D eigenvalue weighted by Crippen LogP contribution is -2.38. The molecule has 0 amide bonds. The van der Waals surface area contributed by atoms with Gasteiger partial charge < -0.3 is 10.1 Å². The Bertz CT molecular complexity index is 529. The number of hydrogen-bond donors (Lipinski definition) is 1. The van der Waals surface area contributed by atoms with Gasteiger partial charge in [-0.25, -0.2) is 0 Å². The second-order valence-electron chi connectivity index (χ2n) is 5.76. The van der Waals surface area contributed by atoms with Gasteiger partial charge >= 0.3 is 0 Å². The van der Waals surface area contributed by atoms with Crippen LogP contribution >= 0.6 is 0 Å². The number of piperidine rings is 1. The summed E-state index contributed by atoms with van der Waals surface area (Å²) in [6, 6.07) is 19.6. The van der Waals surface area contributed by atoms with Crippen LogP contribution in [0.3, 0.4) is 0 Å². The zero-order valence-corrected chi connectivity index (χ0v) is 12.4. The van der Waals surface area contributed by atoms with E-state index >= 15 is 0 Å². The maximum absolute atomic E-state index is 5.89. The largest absolute Gasteiger partial charge is 0.492 e. The topological polar surface area (TPSA) is 21.3 Å². The van der Waals surface area contributed by atoms with Gasteiger partial charge in [-0.1, -0.05) is 48.9 Å². The molecule has 0 aromatic heterocycles. The molecule has 3 rings (SSSR count). The normalized spacial score (nSPS) is 18.4. The summed E-state index contributed by atoms with van der Waals surface area (Å²) in [6.45, 7) is 1.90. The number of rotatable bonds is 5. The van der Waals surface area contributed by atoms with E-state index in [1.165, 1.54) is 30.4 Å². The Labute approximate surface area is 127 Å². The van der Waals surface area contributed by atoms with Crippen molar-refractivity contribution in [3.8, 4) is 5.75 Å². The summed E-state index contributed by atoms with van der Waals surface area (Å²) < 4.78 is 5.89. The van der Waals surface area contributed by atoms with Crippen molar-refractivity contribution in [2.24, 2.45) is 0 Å². The van der Waals surface area contributed by atoms with Gasteiger partial charge in [0.1, 0.15) is 12.4 Å². The Balaban J connectivity index is 1.51. The second kappa shape index (κ2) is 7.28. The van der Waals surface area contributed by atoms with E-state index in [1.54, 1.807) is 0 Å². The summed E-state index contributed by atoms with van der Waals surface area (Å²) in [7, 11) is 0. The molecule has 0 bridgehead atoms. The van der Waals surface area contributed by atoms with E-state index in [0.717, 1.165) is 25.3 Å². The molecule has 0 radical (unpaired) electrons. The molecule has 1 N–H and O–H groups in total. The van der Waals surface area contributed by atoms with Crippen molar-refractivity contribution in [1.82, 2.24) is 5.32 Å². The molecular formula is C19H23NO. The van der Waals surface area contributed by atoms with Gasteiger partial charge in [0.15, 0.2) is 0 Å². The van der Waals surface area contributed by atoms with E-state index in [4.69, 9.17) is 4.74 Å². The van der Waals surface area contributed by atoms with E-state index in [9.17, 15) is 0 Å². The molecule has 1 heterocycles. The lowest BCUT2D eigenvalue weighted by Gasteiger charge is -2.23. The van der Waals surface area contributed by atoms with E-state index in [2.05, 4.69) is 59.9 Å². The molecule has 0 aliphatic carbocycles. The summed E-state index contributed by atoms with van der Waals surface area (Å²) >= 11 is 0. The molecule has 1 saturated heterocycles. The van der Waals surface area contributed by atoms with Crippen LogP contribution in [0.1, 0.15) is 30.4 Å². The van der Waals surface area contributed by atoms with Crippen LogP contribution in [-0.4, -0.2) is 19.2 Å². The summed E-state index contributed by atoms with van der Waals surface area (Å²) in [5.41, 5.74) is 2.67. The van der Waals surface area contributed by atoms with Crippen LogP contribution in [0.25, 0.3) is 0 Å². The minimum absolute atomic E-state index is 0.516. The second-order valence-corrected chi connectivity index (χ2v) is 5.76. The maximum Gasteiger partial charge on any atom is 0.119 e. The molecule has 1 atom stereocenters. The van der Waals surface area contributed by atoms with E-state index in [1.807, 2.05) is 0 Å². The third-order valence-electron chi connectivity index (χ3n) is 4.04. The predicted octanol–water partition coefficient (Wildman–Crippen LogP) is 3.80. The number of benzene rings is 2. The Hall–Kier alpha value is -1.80. The maximum atomic E-state index is 5.89. The number of nitrogens with one attached hydrogen (secondary N) is 1. The van der Waals surface area contributed by atoms with E-state index in [-0.39, 0.29) is 0 Å². The van der Waals surface area contributed by atoms with Crippen LogP contribution in [0.15, 0.2) is 54.6 Å². The average molecular weight is 281 g/mol. The monoisotopic (exact) mass is 281 g/mol. The standard InChI is InChI=1S/C19H23NO/c1-2-6-16(7-3-1)14-17-9-11-19(12-10-17)21-15-18-8-4-5-13-20-18/h1-3,6-7,9-12,18,20H,4-5,8,13-15H2/t18-/m1/s1. The molecular weight excluding hydrogens is 258 g/mol. The highest BCUT2D eigenvalue weighted by atomic mass is 16.5. The average Bonchev–Trinajstić information content (AvgIpc) is 2.56. The highest BCUT2D eigenvalue weighted by Gasteiger charge is 2.12. The lowest BCUT2D eigenvalue weighted by molar-refractivity contribution is 0.239. The number of ether oxygens (including phenoxy) is 1. The highest BCUT2D eigenvalue weighted by Crippen LogP contribution is 2.16. The molecule has 2 aromatic rings. The third kappa shape index (κ3) is 4.33. The summed E-state index contributed by atoms with van der Waals surface area (Å²) in [5, 5.41) is 3.51. The molecule has 0 spiro atoms. The van der Waals surface area contributed by atoms with Crippen LogP contribution in [0.5, 0.6) is 5.75 Å². The van der Waals surface area contributed by atoms with Crippen molar-refractivity contribution in [2.45, 2.75) is 31.7 Å². The third-order valence-corrected chi connectivity index (χ3v) is 4.04. The summed E-state index contributed by atoms with van der Waals surface area (Å²) in [5.74, 6) is 0.971. The smallest absolute Gasteiger partial charge is 0.119 e. The van der Waals surface area contributed by atoms with Crippen LogP contribution in [0.4, 0.5) is 0 Å². The number of hydrogen-bond acceptors (Lipinski definition) is 2. The Morgan fingerprint density at radius 3 is 2.38 bits per heavy atom. The van der Waals surface area contributed by atoms with Gasteiger partial charge in [-0.05, 0) is 49.1 Å². The van der Waals surface area contributed by atoms with Gasteiger partial charge in [0.2, 0.25) is 0 Å². The fraction of sp³-hybridized carbons (Fsp3) is 0.368. The van der Waals surface area contributed by atoms with Gasteiger partial charge in [-0.2, -0.15) is 0 Å². The van der Waals surface area contributed by atoms with Crippen LogP contribution in [0.2, 0.25) is 0 Å². The molecule has 2 nitrogen and oxygen atoms in total. The van der Waals surface area contributed by atoms with E-state index < -0.39 is 0 Å². The van der Waals surface area contributed by atoms with Crippen molar-refractivity contribution >= 4 is 0 Å². The van der Waals surface area contributed by atoms with Crippen molar-refractivity contribution in [3.05, 3.63) is 65.7 Å². The Kier molecular flexibility index (Phi) is 4.90. The molecule has 1 fully saturated rings. The van der Waals surface area contributed by atoms with Gasteiger partial charge in [0.05, 0.1) is 0 Å². The molecule has 0 saturated carbocycles. The first kappa shape index (κ1) is 14.2. The Morgan fingerprint density at radius 1 is 0.905 bits per heavy atom. The van der Waals surface area contributed by atoms with Crippen LogP contribution < -0.4 is 10.1 Å². The molecule has 110 valence electrons. The Morgan fingerprint density at radius 2 is 1.67 bits per heavy atom. The molecule has 21 heavy (non-hydrogen) atoms. The SMILES string of the molecule is c1ccc(Cc2ccc(OC[C@H]3CCCCN3)cc2)cc1. The van der Waals surface area contributed by atoms with Gasteiger partial charge in [-0.3, -0.25) is 0 Å². The molecule has 2 aromatic carbocycles. The van der Waals surface area contributed by atoms with Crippen molar-refractivity contribution in [2.75, 3.05) is 13.2 Å². The van der Waals surface area contributed by atoms with Crippen molar-refractivity contribution < 1.29 is 4.74 Å².